The molecule has 0 radical (unpaired) electrons. The van der Waals surface area contributed by atoms with Gasteiger partial charge in [0.25, 0.3) is 0 Å². The first-order chi connectivity index (χ1) is 13.9. The number of carbonyl (C=O) groups is 2. The van der Waals surface area contributed by atoms with E-state index in [-0.39, 0.29) is 19.2 Å². The smallest absolute Gasteiger partial charge is 0.343 e. The van der Waals surface area contributed by atoms with E-state index in [2.05, 4.69) is 17.1 Å². The van der Waals surface area contributed by atoms with E-state index in [1.165, 1.54) is 0 Å². The van der Waals surface area contributed by atoms with Crippen LogP contribution in [0.3, 0.4) is 0 Å². The average Bonchev–Trinajstić information content (AvgIpc) is 2.68. The average molecular weight is 398 g/mol. The van der Waals surface area contributed by atoms with Crippen LogP contribution >= 0.6 is 0 Å². The van der Waals surface area contributed by atoms with Crippen molar-refractivity contribution in [1.82, 2.24) is 5.48 Å². The number of ether oxygens (including phenoxy) is 2. The Morgan fingerprint density at radius 1 is 1.10 bits per heavy atom. The van der Waals surface area contributed by atoms with E-state index in [0.717, 1.165) is 0 Å². The summed E-state index contributed by atoms with van der Waals surface area (Å²) in [6.45, 7) is 5.53. The molecule has 9 heteroatoms. The quantitative estimate of drug-likeness (QED) is 0.191. The molecule has 0 atom stereocenters. The Kier molecular flexibility index (Phi) is 7.75. The summed E-state index contributed by atoms with van der Waals surface area (Å²) in [5.41, 5.74) is 15.0. The highest BCUT2D eigenvalue weighted by Gasteiger charge is 2.10. The van der Waals surface area contributed by atoms with E-state index in [1.807, 2.05) is 0 Å². The van der Waals surface area contributed by atoms with Crippen LogP contribution in [0.25, 0.3) is 5.70 Å². The van der Waals surface area contributed by atoms with Gasteiger partial charge in [0, 0.05) is 5.56 Å². The summed E-state index contributed by atoms with van der Waals surface area (Å²) in [7, 11) is 0. The Bertz CT molecular complexity index is 905. The van der Waals surface area contributed by atoms with Crippen LogP contribution in [0, 0.1) is 0 Å². The number of benzene rings is 2. The van der Waals surface area contributed by atoms with Crippen molar-refractivity contribution in [1.29, 1.82) is 0 Å². The zero-order valence-electron chi connectivity index (χ0n) is 15.9. The van der Waals surface area contributed by atoms with E-state index in [9.17, 15) is 9.59 Å². The van der Waals surface area contributed by atoms with Crippen LogP contribution in [0.1, 0.15) is 22.8 Å². The van der Waals surface area contributed by atoms with Crippen molar-refractivity contribution in [2.24, 2.45) is 16.5 Å². The van der Waals surface area contributed by atoms with Gasteiger partial charge in [-0.15, -0.1) is 0 Å². The van der Waals surface area contributed by atoms with Gasteiger partial charge in [0.15, 0.2) is 12.6 Å². The standard InChI is InChI=1S/C20H22N4O5/c1-3-27-18(25)12-28-24-13(2)15-5-4-6-17(11-15)29-19(26)14-7-9-16(10-8-14)23-20(21)22/h4-11,24H,2-3,12H2,1H3,(H4,21,22,23). The van der Waals surface area contributed by atoms with Gasteiger partial charge >= 0.3 is 11.9 Å². The molecule has 0 spiro atoms. The molecule has 152 valence electrons. The van der Waals surface area contributed by atoms with E-state index in [1.54, 1.807) is 55.5 Å². The van der Waals surface area contributed by atoms with Crippen LogP contribution in [-0.2, 0) is 14.4 Å². The number of nitrogens with zero attached hydrogens (tertiary/aromatic N) is 1. The van der Waals surface area contributed by atoms with Gasteiger partial charge in [0.1, 0.15) is 5.75 Å². The molecule has 0 aromatic heterocycles. The molecule has 2 aromatic carbocycles. The van der Waals surface area contributed by atoms with E-state index < -0.39 is 11.9 Å². The van der Waals surface area contributed by atoms with Gasteiger partial charge in [-0.25, -0.2) is 14.6 Å². The Hall–Kier alpha value is -3.85. The number of esters is 2. The van der Waals surface area contributed by atoms with Crippen LogP contribution in [-0.4, -0.2) is 31.1 Å². The highest BCUT2D eigenvalue weighted by molar-refractivity contribution is 5.91. The van der Waals surface area contributed by atoms with E-state index in [4.69, 9.17) is 25.8 Å². The lowest BCUT2D eigenvalue weighted by molar-refractivity contribution is -0.150. The van der Waals surface area contributed by atoms with Crippen LogP contribution < -0.4 is 21.7 Å². The van der Waals surface area contributed by atoms with Gasteiger partial charge in [-0.05, 0) is 43.3 Å². The summed E-state index contributed by atoms with van der Waals surface area (Å²) in [6, 6.07) is 13.0. The summed E-state index contributed by atoms with van der Waals surface area (Å²) in [5, 5.41) is 0. The topological polar surface area (TPSA) is 138 Å². The number of hydrogen-bond acceptors (Lipinski definition) is 7. The van der Waals surface area contributed by atoms with Crippen molar-refractivity contribution in [3.8, 4) is 5.75 Å². The number of guanidine groups is 1. The Labute approximate surface area is 167 Å². The summed E-state index contributed by atoms with van der Waals surface area (Å²) < 4.78 is 10.1. The molecular formula is C20H22N4O5. The Balaban J connectivity index is 1.96. The van der Waals surface area contributed by atoms with Crippen molar-refractivity contribution in [2.75, 3.05) is 13.2 Å². The summed E-state index contributed by atoms with van der Waals surface area (Å²) in [5.74, 6) is -0.803. The molecule has 5 N–H and O–H groups in total. The maximum atomic E-state index is 12.3. The normalized spacial score (nSPS) is 9.97. The fourth-order valence-electron chi connectivity index (χ4n) is 2.18. The van der Waals surface area contributed by atoms with E-state index >= 15 is 0 Å². The van der Waals surface area contributed by atoms with Crippen molar-refractivity contribution in [3.05, 3.63) is 66.2 Å². The van der Waals surface area contributed by atoms with Crippen LogP contribution in [0.4, 0.5) is 5.69 Å². The molecule has 2 rings (SSSR count). The summed E-state index contributed by atoms with van der Waals surface area (Å²) in [6.07, 6.45) is 0. The second-order valence-electron chi connectivity index (χ2n) is 5.68. The van der Waals surface area contributed by atoms with Crippen molar-refractivity contribution >= 4 is 29.3 Å². The maximum Gasteiger partial charge on any atom is 0.343 e. The summed E-state index contributed by atoms with van der Waals surface area (Å²) in [4.78, 5) is 32.5. The molecule has 0 saturated heterocycles. The third-order valence-electron chi connectivity index (χ3n) is 3.44. The lowest BCUT2D eigenvalue weighted by Gasteiger charge is -2.11. The third-order valence-corrected chi connectivity index (χ3v) is 3.44. The largest absolute Gasteiger partial charge is 0.464 e. The molecule has 0 amide bonds. The number of nitrogens with one attached hydrogen (secondary N) is 1. The first-order valence-electron chi connectivity index (χ1n) is 8.63. The van der Waals surface area contributed by atoms with Crippen LogP contribution in [0.2, 0.25) is 0 Å². The number of hydroxylamine groups is 1. The predicted octanol–water partition coefficient (Wildman–Crippen LogP) is 1.87. The summed E-state index contributed by atoms with van der Waals surface area (Å²) >= 11 is 0. The number of nitrogens with two attached hydrogens (primary N) is 2. The Morgan fingerprint density at radius 2 is 1.83 bits per heavy atom. The van der Waals surface area contributed by atoms with Gasteiger partial charge in [-0.2, -0.15) is 0 Å². The number of hydrogen-bond donors (Lipinski definition) is 3. The lowest BCUT2D eigenvalue weighted by atomic mass is 10.1. The highest BCUT2D eigenvalue weighted by Crippen LogP contribution is 2.20. The molecule has 29 heavy (non-hydrogen) atoms. The van der Waals surface area contributed by atoms with Gasteiger partial charge in [-0.3, -0.25) is 10.3 Å². The number of aliphatic imine (C=N–C) groups is 1. The second-order valence-corrected chi connectivity index (χ2v) is 5.68. The second kappa shape index (κ2) is 10.5. The molecule has 0 bridgehead atoms. The first kappa shape index (κ1) is 21.5. The van der Waals surface area contributed by atoms with Gasteiger partial charge in [-0.1, -0.05) is 18.7 Å². The molecule has 0 saturated carbocycles. The fourth-order valence-corrected chi connectivity index (χ4v) is 2.18. The zero-order valence-corrected chi connectivity index (χ0v) is 15.9. The first-order valence-corrected chi connectivity index (χ1v) is 8.63. The van der Waals surface area contributed by atoms with Gasteiger partial charge in [0.05, 0.1) is 23.6 Å². The molecule has 9 nitrogen and oxygen atoms in total. The number of rotatable bonds is 9. The maximum absolute atomic E-state index is 12.3. The molecule has 0 aliphatic rings. The van der Waals surface area contributed by atoms with E-state index in [0.29, 0.717) is 28.3 Å². The van der Waals surface area contributed by atoms with Crippen molar-refractivity contribution in [2.45, 2.75) is 6.92 Å². The molecule has 2 aromatic rings. The molecule has 0 aliphatic carbocycles. The monoisotopic (exact) mass is 398 g/mol. The van der Waals surface area contributed by atoms with Crippen LogP contribution in [0.5, 0.6) is 5.75 Å². The predicted molar refractivity (Wildman–Crippen MR) is 108 cm³/mol. The van der Waals surface area contributed by atoms with Crippen molar-refractivity contribution in [3.63, 3.8) is 0 Å². The number of carbonyl (C=O) groups excluding carboxylic acids is 2. The zero-order chi connectivity index (χ0) is 21.2. The van der Waals surface area contributed by atoms with Crippen LogP contribution in [0.15, 0.2) is 60.1 Å². The lowest BCUT2D eigenvalue weighted by Crippen LogP contribution is -2.21. The molecule has 0 heterocycles. The third kappa shape index (κ3) is 7.00. The highest BCUT2D eigenvalue weighted by atomic mass is 16.7. The SMILES string of the molecule is C=C(NOCC(=O)OCC)c1cccc(OC(=O)c2ccc(N=C(N)N)cc2)c1. The van der Waals surface area contributed by atoms with Gasteiger partial charge < -0.3 is 20.9 Å². The van der Waals surface area contributed by atoms with Crippen molar-refractivity contribution < 1.29 is 23.9 Å². The minimum absolute atomic E-state index is 0.0720. The van der Waals surface area contributed by atoms with Gasteiger partial charge in [0.2, 0.25) is 0 Å². The minimum Gasteiger partial charge on any atom is -0.464 e. The molecule has 0 fully saturated rings. The molecule has 0 aliphatic heterocycles. The molecular weight excluding hydrogens is 376 g/mol. The minimum atomic E-state index is -0.546. The molecule has 0 unspecified atom stereocenters. The fraction of sp³-hybridized carbons (Fsp3) is 0.150. The Morgan fingerprint density at radius 3 is 2.48 bits per heavy atom.